The van der Waals surface area contributed by atoms with E-state index < -0.39 is 17.2 Å². The van der Waals surface area contributed by atoms with Gasteiger partial charge in [0.15, 0.2) is 6.61 Å². The van der Waals surface area contributed by atoms with Crippen LogP contribution in [0.4, 0.5) is 0 Å². The van der Waals surface area contributed by atoms with Crippen LogP contribution in [0.25, 0.3) is 0 Å². The first-order valence-electron chi connectivity index (χ1n) is 9.46. The van der Waals surface area contributed by atoms with Crippen molar-refractivity contribution in [1.29, 1.82) is 0 Å². The zero-order valence-electron chi connectivity index (χ0n) is 16.2. The minimum Gasteiger partial charge on any atom is -0.454 e. The highest BCUT2D eigenvalue weighted by Gasteiger charge is 2.32. The molecule has 0 aliphatic heterocycles. The molecule has 0 bridgehead atoms. The third-order valence-corrected chi connectivity index (χ3v) is 5.67. The maximum absolute atomic E-state index is 12.0. The Morgan fingerprint density at radius 2 is 1.93 bits per heavy atom. The summed E-state index contributed by atoms with van der Waals surface area (Å²) >= 11 is 0. The molecule has 8 heteroatoms. The monoisotopic (exact) mass is 379 g/mol. The molecule has 0 atom stereocenters. The van der Waals surface area contributed by atoms with Gasteiger partial charge in [0, 0.05) is 18.3 Å². The minimum atomic E-state index is -0.715. The molecule has 1 aromatic heterocycles. The molecule has 0 saturated heterocycles. The second-order valence-electron chi connectivity index (χ2n) is 7.86. The lowest BCUT2D eigenvalue weighted by atomic mass is 9.69. The van der Waals surface area contributed by atoms with Crippen LogP contribution >= 0.6 is 0 Å². The first-order valence-corrected chi connectivity index (χ1v) is 9.46. The predicted molar refractivity (Wildman–Crippen MR) is 100 cm³/mol. The molecular formula is C19H29N3O5. The number of nitrogens with one attached hydrogen (secondary N) is 2. The van der Waals surface area contributed by atoms with Crippen molar-refractivity contribution in [1.82, 2.24) is 14.9 Å². The smallest absolute Gasteiger partial charge is 0.328 e. The molecule has 1 aliphatic carbocycles. The Hall–Kier alpha value is -2.38. The van der Waals surface area contributed by atoms with Crippen LogP contribution in [-0.2, 0) is 20.9 Å². The van der Waals surface area contributed by atoms with Crippen molar-refractivity contribution < 1.29 is 14.3 Å². The second-order valence-corrected chi connectivity index (χ2v) is 7.86. The molecule has 2 N–H and O–H groups in total. The van der Waals surface area contributed by atoms with Crippen LogP contribution in [-0.4, -0.2) is 34.1 Å². The zero-order chi connectivity index (χ0) is 20.0. The van der Waals surface area contributed by atoms with Crippen molar-refractivity contribution in [2.24, 2.45) is 11.3 Å². The standard InChI is InChI=1S/C19H29N3O5/c1-4-19(2,3)13-5-7-14(8-6-13)20-16(24)12-27-17(25)11-22-10-9-15(23)21-18(22)26/h9-10,13-14H,4-8,11-12H2,1-3H3,(H,20,24)(H,21,23,26). The molecule has 1 fully saturated rings. The van der Waals surface area contributed by atoms with Gasteiger partial charge >= 0.3 is 11.7 Å². The summed E-state index contributed by atoms with van der Waals surface area (Å²) in [4.78, 5) is 48.3. The summed E-state index contributed by atoms with van der Waals surface area (Å²) in [5.41, 5.74) is -0.915. The third-order valence-electron chi connectivity index (χ3n) is 5.67. The van der Waals surface area contributed by atoms with E-state index in [0.717, 1.165) is 42.7 Å². The molecule has 1 aromatic rings. The van der Waals surface area contributed by atoms with Gasteiger partial charge in [-0.2, -0.15) is 0 Å². The molecule has 27 heavy (non-hydrogen) atoms. The van der Waals surface area contributed by atoms with Crippen LogP contribution in [0.1, 0.15) is 52.9 Å². The maximum Gasteiger partial charge on any atom is 0.328 e. The number of aromatic nitrogens is 2. The fraction of sp³-hybridized carbons (Fsp3) is 0.684. The first kappa shape index (κ1) is 20.9. The second kappa shape index (κ2) is 9.01. The molecule has 0 radical (unpaired) electrons. The number of H-pyrrole nitrogens is 1. The number of aromatic amines is 1. The summed E-state index contributed by atoms with van der Waals surface area (Å²) in [6, 6.07) is 1.25. The van der Waals surface area contributed by atoms with Gasteiger partial charge in [0.25, 0.3) is 11.5 Å². The van der Waals surface area contributed by atoms with E-state index in [1.807, 2.05) is 4.98 Å². The molecule has 8 nitrogen and oxygen atoms in total. The highest BCUT2D eigenvalue weighted by molar-refractivity contribution is 5.80. The fourth-order valence-electron chi connectivity index (χ4n) is 3.48. The predicted octanol–water partition coefficient (Wildman–Crippen LogP) is 1.19. The summed E-state index contributed by atoms with van der Waals surface area (Å²) in [5, 5.41) is 2.91. The van der Waals surface area contributed by atoms with Crippen LogP contribution in [0.2, 0.25) is 0 Å². The molecule has 150 valence electrons. The highest BCUT2D eigenvalue weighted by atomic mass is 16.5. The van der Waals surface area contributed by atoms with Crippen molar-refractivity contribution in [2.45, 2.75) is 65.5 Å². The van der Waals surface area contributed by atoms with E-state index in [0.29, 0.717) is 11.3 Å². The summed E-state index contributed by atoms with van der Waals surface area (Å²) < 4.78 is 5.94. The van der Waals surface area contributed by atoms with Gasteiger partial charge in [-0.3, -0.25) is 23.9 Å². The highest BCUT2D eigenvalue weighted by Crippen LogP contribution is 2.40. The number of carbonyl (C=O) groups excluding carboxylic acids is 2. The Morgan fingerprint density at radius 3 is 2.52 bits per heavy atom. The maximum atomic E-state index is 12.0. The van der Waals surface area contributed by atoms with Crippen molar-refractivity contribution in [3.8, 4) is 0 Å². The molecule has 2 rings (SSSR count). The number of nitrogens with zero attached hydrogens (tertiary/aromatic N) is 1. The summed E-state index contributed by atoms with van der Waals surface area (Å²) in [6.45, 7) is 6.06. The molecule has 1 heterocycles. The van der Waals surface area contributed by atoms with E-state index in [4.69, 9.17) is 4.74 Å². The van der Waals surface area contributed by atoms with E-state index >= 15 is 0 Å². The minimum absolute atomic E-state index is 0.113. The molecule has 1 aliphatic rings. The number of hydrogen-bond acceptors (Lipinski definition) is 5. The number of esters is 1. The molecule has 0 spiro atoms. The van der Waals surface area contributed by atoms with Crippen LogP contribution in [0.3, 0.4) is 0 Å². The lowest BCUT2D eigenvalue weighted by Gasteiger charge is -2.39. The largest absolute Gasteiger partial charge is 0.454 e. The lowest BCUT2D eigenvalue weighted by molar-refractivity contribution is -0.149. The van der Waals surface area contributed by atoms with Crippen LogP contribution < -0.4 is 16.6 Å². The average Bonchev–Trinajstić information content (AvgIpc) is 2.63. The van der Waals surface area contributed by atoms with Gasteiger partial charge in [0.05, 0.1) is 0 Å². The van der Waals surface area contributed by atoms with Crippen molar-refractivity contribution in [3.63, 3.8) is 0 Å². The number of hydrogen-bond donors (Lipinski definition) is 2. The van der Waals surface area contributed by atoms with Crippen molar-refractivity contribution in [3.05, 3.63) is 33.1 Å². The SMILES string of the molecule is CCC(C)(C)C1CCC(NC(=O)COC(=O)Cn2ccc(=O)[nH]c2=O)CC1. The summed E-state index contributed by atoms with van der Waals surface area (Å²) in [7, 11) is 0. The number of carbonyl (C=O) groups is 2. The molecule has 0 aromatic carbocycles. The third kappa shape index (κ3) is 6.08. The van der Waals surface area contributed by atoms with Gasteiger partial charge < -0.3 is 10.1 Å². The van der Waals surface area contributed by atoms with E-state index in [9.17, 15) is 19.2 Å². The number of ether oxygens (including phenoxy) is 1. The van der Waals surface area contributed by atoms with Gasteiger partial charge in [-0.05, 0) is 37.0 Å². The first-order chi connectivity index (χ1) is 12.7. The molecule has 0 unspecified atom stereocenters. The zero-order valence-corrected chi connectivity index (χ0v) is 16.2. The van der Waals surface area contributed by atoms with Crippen LogP contribution in [0, 0.1) is 11.3 Å². The van der Waals surface area contributed by atoms with Gasteiger partial charge in [0.2, 0.25) is 0 Å². The van der Waals surface area contributed by atoms with Gasteiger partial charge in [-0.15, -0.1) is 0 Å². The van der Waals surface area contributed by atoms with Gasteiger partial charge in [0.1, 0.15) is 6.54 Å². The summed E-state index contributed by atoms with van der Waals surface area (Å²) in [6.07, 6.45) is 6.38. The lowest BCUT2D eigenvalue weighted by Crippen LogP contribution is -2.41. The van der Waals surface area contributed by atoms with Crippen molar-refractivity contribution >= 4 is 11.9 Å². The molecular weight excluding hydrogens is 350 g/mol. The Labute approximate surface area is 158 Å². The quantitative estimate of drug-likeness (QED) is 0.692. The summed E-state index contributed by atoms with van der Waals surface area (Å²) in [5.74, 6) is -0.382. The van der Waals surface area contributed by atoms with E-state index in [1.165, 1.54) is 6.20 Å². The topological polar surface area (TPSA) is 110 Å². The average molecular weight is 379 g/mol. The van der Waals surface area contributed by atoms with Crippen molar-refractivity contribution in [2.75, 3.05) is 6.61 Å². The van der Waals surface area contributed by atoms with Crippen LogP contribution in [0.5, 0.6) is 0 Å². The molecule has 1 saturated carbocycles. The Balaban J connectivity index is 1.73. The van der Waals surface area contributed by atoms with E-state index in [-0.39, 0.29) is 25.1 Å². The number of amides is 1. The number of rotatable bonds is 7. The van der Waals surface area contributed by atoms with Gasteiger partial charge in [-0.1, -0.05) is 27.2 Å². The Kier molecular flexibility index (Phi) is 6.98. The fourth-order valence-corrected chi connectivity index (χ4v) is 3.48. The van der Waals surface area contributed by atoms with Gasteiger partial charge in [-0.25, -0.2) is 4.79 Å². The van der Waals surface area contributed by atoms with E-state index in [2.05, 4.69) is 26.1 Å². The Bertz CT molecular complexity index is 772. The van der Waals surface area contributed by atoms with E-state index in [1.54, 1.807) is 0 Å². The molecule has 1 amide bonds. The Morgan fingerprint density at radius 1 is 1.26 bits per heavy atom. The normalized spacial score (nSPS) is 20.1. The van der Waals surface area contributed by atoms with Crippen LogP contribution in [0.15, 0.2) is 21.9 Å².